The number of hydrogen-bond acceptors (Lipinski definition) is 5. The fourth-order valence-electron chi connectivity index (χ4n) is 2.22. The molecule has 0 saturated heterocycles. The zero-order valence-electron chi connectivity index (χ0n) is 11.0. The van der Waals surface area contributed by atoms with Crippen molar-refractivity contribution in [2.45, 2.75) is 13.0 Å². The third kappa shape index (κ3) is 2.43. The number of nitrogens with one attached hydrogen (secondary N) is 1. The predicted octanol–water partition coefficient (Wildman–Crippen LogP) is 2.53. The first-order chi connectivity index (χ1) is 9.28. The van der Waals surface area contributed by atoms with Crippen LogP contribution in [-0.4, -0.2) is 25.2 Å². The Balaban J connectivity index is 1.95. The van der Waals surface area contributed by atoms with Crippen LogP contribution in [0.15, 0.2) is 24.4 Å². The number of thiazole rings is 1. The van der Waals surface area contributed by atoms with Crippen LogP contribution in [-0.2, 0) is 0 Å². The second-order valence-corrected chi connectivity index (χ2v) is 5.67. The Kier molecular flexibility index (Phi) is 3.40. The molecule has 1 aliphatic heterocycles. The zero-order chi connectivity index (χ0) is 13.2. The van der Waals surface area contributed by atoms with Crippen molar-refractivity contribution in [1.82, 2.24) is 10.3 Å². The molecular weight excluding hydrogens is 260 g/mol. The number of nitrogens with zero attached hydrogens (tertiary/aromatic N) is 1. The van der Waals surface area contributed by atoms with Crippen molar-refractivity contribution in [3.63, 3.8) is 0 Å². The molecule has 100 valence electrons. The molecule has 1 aromatic heterocycles. The number of aromatic nitrogens is 1. The number of benzene rings is 1. The van der Waals surface area contributed by atoms with Crippen molar-refractivity contribution in [3.05, 3.63) is 39.8 Å². The van der Waals surface area contributed by atoms with Crippen molar-refractivity contribution in [2.75, 3.05) is 20.3 Å². The van der Waals surface area contributed by atoms with E-state index in [-0.39, 0.29) is 6.04 Å². The summed E-state index contributed by atoms with van der Waals surface area (Å²) in [6.45, 7) is 3.25. The molecule has 0 fully saturated rings. The maximum Gasteiger partial charge on any atom is 0.161 e. The molecule has 0 bridgehead atoms. The zero-order valence-corrected chi connectivity index (χ0v) is 11.8. The van der Waals surface area contributed by atoms with Gasteiger partial charge in [0.05, 0.1) is 11.0 Å². The van der Waals surface area contributed by atoms with Crippen LogP contribution in [0.25, 0.3) is 0 Å². The fraction of sp³-hybridized carbons (Fsp3) is 0.357. The van der Waals surface area contributed by atoms with Gasteiger partial charge in [-0.3, -0.25) is 0 Å². The summed E-state index contributed by atoms with van der Waals surface area (Å²) in [5.41, 5.74) is 1.16. The lowest BCUT2D eigenvalue weighted by Crippen LogP contribution is -2.18. The topological polar surface area (TPSA) is 43.4 Å². The van der Waals surface area contributed by atoms with E-state index in [4.69, 9.17) is 9.47 Å². The molecule has 1 unspecified atom stereocenters. The van der Waals surface area contributed by atoms with E-state index in [1.807, 2.05) is 32.3 Å². The SMILES string of the molecule is CNC(c1ccc2c(c1)OCCO2)c1cnc(C)s1. The first kappa shape index (κ1) is 12.4. The lowest BCUT2D eigenvalue weighted by Gasteiger charge is -2.21. The highest BCUT2D eigenvalue weighted by atomic mass is 32.1. The van der Waals surface area contributed by atoms with Crippen LogP contribution in [0.3, 0.4) is 0 Å². The molecule has 0 spiro atoms. The van der Waals surface area contributed by atoms with E-state index >= 15 is 0 Å². The summed E-state index contributed by atoms with van der Waals surface area (Å²) in [6, 6.07) is 6.23. The van der Waals surface area contributed by atoms with Crippen LogP contribution in [0, 0.1) is 6.92 Å². The van der Waals surface area contributed by atoms with Gasteiger partial charge in [-0.25, -0.2) is 4.98 Å². The van der Waals surface area contributed by atoms with Crippen LogP contribution in [0.2, 0.25) is 0 Å². The molecule has 1 aliphatic rings. The number of fused-ring (bicyclic) bond motifs is 1. The molecule has 4 nitrogen and oxygen atoms in total. The van der Waals surface area contributed by atoms with Crippen LogP contribution in [0.5, 0.6) is 11.5 Å². The van der Waals surface area contributed by atoms with Crippen LogP contribution in [0.4, 0.5) is 0 Å². The van der Waals surface area contributed by atoms with Gasteiger partial charge in [0.15, 0.2) is 11.5 Å². The second-order valence-electron chi connectivity index (χ2n) is 4.41. The minimum Gasteiger partial charge on any atom is -0.486 e. The Labute approximate surface area is 116 Å². The van der Waals surface area contributed by atoms with Crippen molar-refractivity contribution in [2.24, 2.45) is 0 Å². The van der Waals surface area contributed by atoms with E-state index in [2.05, 4.69) is 16.4 Å². The molecule has 2 aromatic rings. The normalized spacial score (nSPS) is 15.3. The van der Waals surface area contributed by atoms with E-state index in [1.165, 1.54) is 4.88 Å². The van der Waals surface area contributed by atoms with Gasteiger partial charge in [0, 0.05) is 11.1 Å². The molecule has 19 heavy (non-hydrogen) atoms. The standard InChI is InChI=1S/C14H16N2O2S/c1-9-16-8-13(19-9)14(15-2)10-3-4-11-12(7-10)18-6-5-17-11/h3-4,7-8,14-15H,5-6H2,1-2H3. The highest BCUT2D eigenvalue weighted by Crippen LogP contribution is 2.35. The van der Waals surface area contributed by atoms with Gasteiger partial charge in [-0.2, -0.15) is 0 Å². The smallest absolute Gasteiger partial charge is 0.161 e. The minimum absolute atomic E-state index is 0.141. The summed E-state index contributed by atoms with van der Waals surface area (Å²) in [7, 11) is 1.95. The van der Waals surface area contributed by atoms with Gasteiger partial charge < -0.3 is 14.8 Å². The third-order valence-electron chi connectivity index (χ3n) is 3.11. The number of rotatable bonds is 3. The van der Waals surface area contributed by atoms with Crippen molar-refractivity contribution >= 4 is 11.3 Å². The molecule has 1 aromatic carbocycles. The summed E-state index contributed by atoms with van der Waals surface area (Å²) >= 11 is 1.71. The summed E-state index contributed by atoms with van der Waals surface area (Å²) in [6.07, 6.45) is 1.93. The Morgan fingerprint density at radius 3 is 2.74 bits per heavy atom. The Morgan fingerprint density at radius 1 is 1.26 bits per heavy atom. The second kappa shape index (κ2) is 5.19. The van der Waals surface area contributed by atoms with Crippen molar-refractivity contribution in [3.8, 4) is 11.5 Å². The highest BCUT2D eigenvalue weighted by molar-refractivity contribution is 7.11. The van der Waals surface area contributed by atoms with Gasteiger partial charge in [-0.05, 0) is 31.7 Å². The molecule has 1 N–H and O–H groups in total. The molecule has 5 heteroatoms. The lowest BCUT2D eigenvalue weighted by molar-refractivity contribution is 0.171. The molecule has 0 saturated carbocycles. The van der Waals surface area contributed by atoms with Crippen LogP contribution < -0.4 is 14.8 Å². The number of hydrogen-bond donors (Lipinski definition) is 1. The molecule has 1 atom stereocenters. The lowest BCUT2D eigenvalue weighted by atomic mass is 10.1. The minimum atomic E-state index is 0.141. The Morgan fingerprint density at radius 2 is 2.05 bits per heavy atom. The van der Waals surface area contributed by atoms with E-state index < -0.39 is 0 Å². The third-order valence-corrected chi connectivity index (χ3v) is 4.09. The summed E-state index contributed by atoms with van der Waals surface area (Å²) in [4.78, 5) is 5.53. The summed E-state index contributed by atoms with van der Waals surface area (Å²) in [5.74, 6) is 1.65. The maximum atomic E-state index is 5.63. The van der Waals surface area contributed by atoms with Crippen LogP contribution in [0.1, 0.15) is 21.5 Å². The fourth-order valence-corrected chi connectivity index (χ4v) is 3.15. The van der Waals surface area contributed by atoms with Gasteiger partial charge >= 0.3 is 0 Å². The van der Waals surface area contributed by atoms with Gasteiger partial charge in [0.25, 0.3) is 0 Å². The van der Waals surface area contributed by atoms with E-state index in [9.17, 15) is 0 Å². The average Bonchev–Trinajstić information content (AvgIpc) is 2.86. The van der Waals surface area contributed by atoms with Crippen molar-refractivity contribution < 1.29 is 9.47 Å². The quantitative estimate of drug-likeness (QED) is 0.935. The average molecular weight is 276 g/mol. The first-order valence-electron chi connectivity index (χ1n) is 6.27. The molecule has 0 amide bonds. The number of aryl methyl sites for hydroxylation is 1. The van der Waals surface area contributed by atoms with Crippen molar-refractivity contribution in [1.29, 1.82) is 0 Å². The molecule has 2 heterocycles. The molecule has 0 radical (unpaired) electrons. The predicted molar refractivity (Wildman–Crippen MR) is 75.2 cm³/mol. The molecule has 3 rings (SSSR count). The van der Waals surface area contributed by atoms with Crippen LogP contribution >= 0.6 is 11.3 Å². The Bertz CT molecular complexity index is 583. The van der Waals surface area contributed by atoms with E-state index in [0.717, 1.165) is 22.1 Å². The monoisotopic (exact) mass is 276 g/mol. The Hall–Kier alpha value is -1.59. The van der Waals surface area contributed by atoms with Gasteiger partial charge in [0.2, 0.25) is 0 Å². The largest absolute Gasteiger partial charge is 0.486 e. The summed E-state index contributed by atoms with van der Waals surface area (Å²) < 4.78 is 11.2. The van der Waals surface area contributed by atoms with Gasteiger partial charge in [-0.1, -0.05) is 6.07 Å². The van der Waals surface area contributed by atoms with E-state index in [0.29, 0.717) is 13.2 Å². The molecule has 0 aliphatic carbocycles. The summed E-state index contributed by atoms with van der Waals surface area (Å²) in [5, 5.41) is 4.41. The van der Waals surface area contributed by atoms with Gasteiger partial charge in [-0.15, -0.1) is 11.3 Å². The number of ether oxygens (including phenoxy) is 2. The van der Waals surface area contributed by atoms with Gasteiger partial charge in [0.1, 0.15) is 13.2 Å². The highest BCUT2D eigenvalue weighted by Gasteiger charge is 2.18. The first-order valence-corrected chi connectivity index (χ1v) is 7.08. The maximum absolute atomic E-state index is 5.63. The van der Waals surface area contributed by atoms with E-state index in [1.54, 1.807) is 11.3 Å². The molecular formula is C14H16N2O2S.